The second kappa shape index (κ2) is 9.13. The maximum atomic E-state index is 14.4. The number of amides is 1. The second-order valence-electron chi connectivity index (χ2n) is 7.04. The van der Waals surface area contributed by atoms with Crippen molar-refractivity contribution in [3.05, 3.63) is 58.6 Å². The first-order chi connectivity index (χ1) is 13.8. The summed E-state index contributed by atoms with van der Waals surface area (Å²) in [6.45, 7) is 0. The third-order valence-corrected chi connectivity index (χ3v) is 6.77. The maximum Gasteiger partial charge on any atom is 0.320 e. The number of thioether (sulfide) groups is 1. The number of benzene rings is 2. The lowest BCUT2D eigenvalue weighted by atomic mass is 9.99. The van der Waals surface area contributed by atoms with Gasteiger partial charge in [-0.25, -0.2) is 8.78 Å². The number of carbonyl (C=O) groups excluding carboxylic acids is 1. The van der Waals surface area contributed by atoms with E-state index >= 15 is 0 Å². The standard InChI is InChI=1S/C21H20ClF2NO3S/c22-15-12-14(6-8-16(15)23)25-19(26)13-5-7-17(24)18(11-13)29-21(20(27)28)9-3-1-2-4-10-21/h5-8,11-12H,1-4,9-10H2,(H,25,26)(H,27,28). The number of aliphatic carboxylic acids is 1. The van der Waals surface area contributed by atoms with Crippen LogP contribution < -0.4 is 5.32 Å². The molecule has 1 saturated carbocycles. The molecule has 0 bridgehead atoms. The molecule has 1 aliphatic carbocycles. The Balaban J connectivity index is 1.84. The molecule has 1 fully saturated rings. The molecule has 8 heteroatoms. The predicted molar refractivity (Wildman–Crippen MR) is 110 cm³/mol. The van der Waals surface area contributed by atoms with Crippen molar-refractivity contribution in [1.29, 1.82) is 0 Å². The van der Waals surface area contributed by atoms with E-state index in [0.29, 0.717) is 18.5 Å². The van der Waals surface area contributed by atoms with Gasteiger partial charge in [0.05, 0.1) is 5.02 Å². The molecule has 2 aromatic rings. The topological polar surface area (TPSA) is 66.4 Å². The number of hydrogen-bond acceptors (Lipinski definition) is 3. The van der Waals surface area contributed by atoms with E-state index in [0.717, 1.165) is 49.6 Å². The SMILES string of the molecule is O=C(Nc1ccc(F)c(Cl)c1)c1ccc(F)c(SC2(C(=O)O)CCCCCC2)c1. The summed E-state index contributed by atoms with van der Waals surface area (Å²) in [5.74, 6) is -2.66. The highest BCUT2D eigenvalue weighted by Crippen LogP contribution is 2.44. The van der Waals surface area contributed by atoms with Crippen molar-refractivity contribution in [3.8, 4) is 0 Å². The molecule has 0 spiro atoms. The Morgan fingerprint density at radius 2 is 1.66 bits per heavy atom. The summed E-state index contributed by atoms with van der Waals surface area (Å²) in [4.78, 5) is 24.7. The third kappa shape index (κ3) is 5.08. The van der Waals surface area contributed by atoms with Crippen LogP contribution in [-0.4, -0.2) is 21.7 Å². The Morgan fingerprint density at radius 3 is 2.28 bits per heavy atom. The molecule has 3 rings (SSSR count). The van der Waals surface area contributed by atoms with Crippen LogP contribution in [0.5, 0.6) is 0 Å². The summed E-state index contributed by atoms with van der Waals surface area (Å²) in [7, 11) is 0. The van der Waals surface area contributed by atoms with Crippen LogP contribution in [0.2, 0.25) is 5.02 Å². The van der Waals surface area contributed by atoms with E-state index in [4.69, 9.17) is 11.6 Å². The van der Waals surface area contributed by atoms with Gasteiger partial charge >= 0.3 is 5.97 Å². The van der Waals surface area contributed by atoms with E-state index in [1.165, 1.54) is 24.3 Å². The fourth-order valence-electron chi connectivity index (χ4n) is 3.37. The lowest BCUT2D eigenvalue weighted by Gasteiger charge is -2.27. The first-order valence-electron chi connectivity index (χ1n) is 9.29. The van der Waals surface area contributed by atoms with Crippen molar-refractivity contribution >= 4 is 40.9 Å². The predicted octanol–water partition coefficient (Wildman–Crippen LogP) is 6.14. The summed E-state index contributed by atoms with van der Waals surface area (Å²) in [6.07, 6.45) is 4.37. The van der Waals surface area contributed by atoms with Crippen LogP contribution in [-0.2, 0) is 4.79 Å². The first kappa shape index (κ1) is 21.6. The third-order valence-electron chi connectivity index (χ3n) is 4.98. The van der Waals surface area contributed by atoms with Gasteiger partial charge in [0.2, 0.25) is 0 Å². The molecule has 0 unspecified atom stereocenters. The van der Waals surface area contributed by atoms with Crippen LogP contribution in [0.25, 0.3) is 0 Å². The van der Waals surface area contributed by atoms with Crippen LogP contribution >= 0.6 is 23.4 Å². The van der Waals surface area contributed by atoms with Crippen molar-refractivity contribution in [3.63, 3.8) is 0 Å². The number of carboxylic acids is 1. The lowest BCUT2D eigenvalue weighted by molar-refractivity contribution is -0.140. The van der Waals surface area contributed by atoms with Crippen molar-refractivity contribution in [1.82, 2.24) is 0 Å². The van der Waals surface area contributed by atoms with Crippen LogP contribution in [0.3, 0.4) is 0 Å². The molecule has 154 valence electrons. The van der Waals surface area contributed by atoms with Gasteiger partial charge in [-0.1, -0.05) is 37.3 Å². The van der Waals surface area contributed by atoms with Crippen molar-refractivity contribution < 1.29 is 23.5 Å². The van der Waals surface area contributed by atoms with E-state index in [1.807, 2.05) is 0 Å². The van der Waals surface area contributed by atoms with Gasteiger partial charge in [-0.15, -0.1) is 11.8 Å². The molecule has 1 amide bonds. The average Bonchev–Trinajstić information content (AvgIpc) is 2.93. The van der Waals surface area contributed by atoms with Gasteiger partial charge in [-0.05, 0) is 49.2 Å². The molecular formula is C21H20ClF2NO3S. The van der Waals surface area contributed by atoms with Gasteiger partial charge in [0.25, 0.3) is 5.91 Å². The first-order valence-corrected chi connectivity index (χ1v) is 10.5. The Hall–Kier alpha value is -2.12. The summed E-state index contributed by atoms with van der Waals surface area (Å²) in [5, 5.41) is 12.3. The van der Waals surface area contributed by atoms with Crippen LogP contribution in [0.1, 0.15) is 48.9 Å². The highest BCUT2D eigenvalue weighted by molar-refractivity contribution is 8.01. The summed E-state index contributed by atoms with van der Waals surface area (Å²) >= 11 is 6.70. The number of rotatable bonds is 5. The molecule has 0 heterocycles. The Kier molecular flexibility index (Phi) is 6.80. The highest BCUT2D eigenvalue weighted by atomic mass is 35.5. The van der Waals surface area contributed by atoms with Gasteiger partial charge < -0.3 is 10.4 Å². The number of nitrogens with one attached hydrogen (secondary N) is 1. The molecule has 4 nitrogen and oxygen atoms in total. The second-order valence-corrected chi connectivity index (χ2v) is 8.88. The number of carbonyl (C=O) groups is 2. The van der Waals surface area contributed by atoms with Crippen molar-refractivity contribution in [2.24, 2.45) is 0 Å². The minimum absolute atomic E-state index is 0.124. The monoisotopic (exact) mass is 439 g/mol. The molecule has 2 aromatic carbocycles. The van der Waals surface area contributed by atoms with E-state index in [2.05, 4.69) is 5.32 Å². The van der Waals surface area contributed by atoms with Gasteiger partial charge in [-0.2, -0.15) is 0 Å². The Labute approximate surface area is 176 Å². The Bertz CT molecular complexity index is 930. The molecular weight excluding hydrogens is 420 g/mol. The number of anilines is 1. The molecule has 0 saturated heterocycles. The van der Waals surface area contributed by atoms with E-state index < -0.39 is 28.3 Å². The zero-order chi connectivity index (χ0) is 21.0. The van der Waals surface area contributed by atoms with Gasteiger partial charge in [0.1, 0.15) is 16.4 Å². The molecule has 0 atom stereocenters. The zero-order valence-corrected chi connectivity index (χ0v) is 17.1. The minimum atomic E-state index is -1.10. The minimum Gasteiger partial charge on any atom is -0.480 e. The quantitative estimate of drug-likeness (QED) is 0.549. The zero-order valence-electron chi connectivity index (χ0n) is 15.5. The van der Waals surface area contributed by atoms with Gasteiger partial charge in [0.15, 0.2) is 0 Å². The Morgan fingerprint density at radius 1 is 1.00 bits per heavy atom. The summed E-state index contributed by atoms with van der Waals surface area (Å²) in [5.41, 5.74) is 0.467. The fraction of sp³-hybridized carbons (Fsp3) is 0.333. The molecule has 2 N–H and O–H groups in total. The van der Waals surface area contributed by atoms with E-state index in [1.54, 1.807) is 0 Å². The molecule has 0 aromatic heterocycles. The molecule has 1 aliphatic rings. The van der Waals surface area contributed by atoms with E-state index in [-0.39, 0.29) is 15.5 Å². The van der Waals surface area contributed by atoms with Crippen LogP contribution in [0.15, 0.2) is 41.3 Å². The van der Waals surface area contributed by atoms with Gasteiger partial charge in [0, 0.05) is 16.1 Å². The number of halogens is 3. The van der Waals surface area contributed by atoms with Crippen LogP contribution in [0.4, 0.5) is 14.5 Å². The normalized spacial score (nSPS) is 16.1. The average molecular weight is 440 g/mol. The number of carboxylic acid groups (broad SMARTS) is 1. The van der Waals surface area contributed by atoms with Crippen molar-refractivity contribution in [2.75, 3.05) is 5.32 Å². The molecule has 0 aliphatic heterocycles. The maximum absolute atomic E-state index is 14.4. The fourth-order valence-corrected chi connectivity index (χ4v) is 4.90. The summed E-state index contributed by atoms with van der Waals surface area (Å²) in [6, 6.07) is 7.60. The number of hydrogen-bond donors (Lipinski definition) is 2. The summed E-state index contributed by atoms with van der Waals surface area (Å²) < 4.78 is 26.6. The molecule has 29 heavy (non-hydrogen) atoms. The largest absolute Gasteiger partial charge is 0.480 e. The lowest BCUT2D eigenvalue weighted by Crippen LogP contribution is -2.34. The highest BCUT2D eigenvalue weighted by Gasteiger charge is 2.40. The smallest absolute Gasteiger partial charge is 0.320 e. The van der Waals surface area contributed by atoms with Crippen molar-refractivity contribution in [2.45, 2.75) is 48.2 Å². The molecule has 0 radical (unpaired) electrons. The van der Waals surface area contributed by atoms with E-state index in [9.17, 15) is 23.5 Å². The van der Waals surface area contributed by atoms with Gasteiger partial charge in [-0.3, -0.25) is 9.59 Å². The van der Waals surface area contributed by atoms with Crippen LogP contribution in [0, 0.1) is 11.6 Å².